The van der Waals surface area contributed by atoms with Crippen LogP contribution in [0.25, 0.3) is 0 Å². The van der Waals surface area contributed by atoms with E-state index in [4.69, 9.17) is 14.2 Å². The predicted octanol–water partition coefficient (Wildman–Crippen LogP) is 4.79. The first-order valence-electron chi connectivity index (χ1n) is 14.0. The normalized spacial score (nSPS) is 16.8. The summed E-state index contributed by atoms with van der Waals surface area (Å²) in [5, 5.41) is 9.01. The fraction of sp³-hybridized carbons (Fsp3) is 0.516. The van der Waals surface area contributed by atoms with Gasteiger partial charge < -0.3 is 30.2 Å². The van der Waals surface area contributed by atoms with Crippen LogP contribution in [0.1, 0.15) is 70.4 Å². The van der Waals surface area contributed by atoms with Gasteiger partial charge in [-0.05, 0) is 81.1 Å². The van der Waals surface area contributed by atoms with Gasteiger partial charge >= 0.3 is 6.09 Å². The summed E-state index contributed by atoms with van der Waals surface area (Å²) in [6.45, 7) is 11.4. The third-order valence-electron chi connectivity index (χ3n) is 6.95. The maximum Gasteiger partial charge on any atom is 0.414 e. The lowest BCUT2D eigenvalue weighted by Gasteiger charge is -2.25. The minimum Gasteiger partial charge on any atom is -0.497 e. The van der Waals surface area contributed by atoms with Crippen molar-refractivity contribution >= 4 is 29.3 Å². The van der Waals surface area contributed by atoms with Crippen LogP contribution in [0.5, 0.6) is 11.5 Å². The largest absolute Gasteiger partial charge is 0.497 e. The van der Waals surface area contributed by atoms with Crippen LogP contribution in [-0.4, -0.2) is 63.9 Å². The summed E-state index contributed by atoms with van der Waals surface area (Å²) < 4.78 is 16.0. The van der Waals surface area contributed by atoms with Crippen molar-refractivity contribution in [3.63, 3.8) is 0 Å². The maximum absolute atomic E-state index is 12.5. The van der Waals surface area contributed by atoms with E-state index in [1.54, 1.807) is 26.0 Å². The number of anilines is 2. The van der Waals surface area contributed by atoms with Gasteiger partial charge in [0.1, 0.15) is 17.1 Å². The van der Waals surface area contributed by atoms with E-state index in [-0.39, 0.29) is 23.8 Å². The molecule has 10 nitrogen and oxygen atoms in total. The highest BCUT2D eigenvalue weighted by molar-refractivity contribution is 5.91. The van der Waals surface area contributed by atoms with Crippen LogP contribution in [0.4, 0.5) is 16.2 Å². The predicted molar refractivity (Wildman–Crippen MR) is 160 cm³/mol. The van der Waals surface area contributed by atoms with Crippen molar-refractivity contribution in [1.29, 1.82) is 0 Å². The Balaban J connectivity index is 0.000000239. The standard InChI is InChI=1S/C18H26N2O4.C13H18N2O2/c1-12(21)19-9-8-13-11-20(17(22)24-18(2,3)4)16-7-6-14(23-5)10-15(13)16;1-9(16)14-6-5-10-8-15-13-4-3-11(17-2)7-12(10)13/h6-7,10,13H,8-9,11H2,1-5H3,(H,19,21);3-4,7,10,15H,5-6,8H2,1-2H3,(H,14,16). The van der Waals surface area contributed by atoms with Gasteiger partial charge in [-0.15, -0.1) is 0 Å². The minimum absolute atomic E-state index is 0.0295. The molecule has 3 amide bonds. The molecule has 0 fully saturated rings. The highest BCUT2D eigenvalue weighted by Crippen LogP contribution is 2.41. The van der Waals surface area contributed by atoms with Crippen LogP contribution in [0.2, 0.25) is 0 Å². The van der Waals surface area contributed by atoms with Crippen molar-refractivity contribution < 1.29 is 28.6 Å². The molecule has 2 aliphatic heterocycles. The molecule has 10 heteroatoms. The molecule has 2 unspecified atom stereocenters. The Hall–Kier alpha value is -3.95. The van der Waals surface area contributed by atoms with Gasteiger partial charge in [0.15, 0.2) is 0 Å². The van der Waals surface area contributed by atoms with Crippen molar-refractivity contribution in [3.8, 4) is 11.5 Å². The second-order valence-electron chi connectivity index (χ2n) is 11.3. The number of ether oxygens (including phenoxy) is 3. The summed E-state index contributed by atoms with van der Waals surface area (Å²) in [4.78, 5) is 36.1. The average Bonchev–Trinajstić information content (AvgIpc) is 3.48. The van der Waals surface area contributed by atoms with E-state index in [9.17, 15) is 14.4 Å². The maximum atomic E-state index is 12.5. The Bertz CT molecular complexity index is 1230. The molecule has 3 N–H and O–H groups in total. The molecule has 0 aromatic heterocycles. The van der Waals surface area contributed by atoms with Crippen molar-refractivity contribution in [3.05, 3.63) is 47.5 Å². The first-order chi connectivity index (χ1) is 19.4. The molecule has 0 bridgehead atoms. The van der Waals surface area contributed by atoms with Crippen LogP contribution >= 0.6 is 0 Å². The Kier molecular flexibility index (Phi) is 10.9. The molecule has 41 heavy (non-hydrogen) atoms. The van der Waals surface area contributed by atoms with Gasteiger partial charge in [0.2, 0.25) is 11.8 Å². The second-order valence-corrected chi connectivity index (χ2v) is 11.3. The molecule has 0 spiro atoms. The van der Waals surface area contributed by atoms with Crippen LogP contribution in [0.15, 0.2) is 36.4 Å². The number of nitrogens with zero attached hydrogens (tertiary/aromatic N) is 1. The summed E-state index contributed by atoms with van der Waals surface area (Å²) in [7, 11) is 3.30. The number of carbonyl (C=O) groups excluding carboxylic acids is 3. The Labute approximate surface area is 243 Å². The van der Waals surface area contributed by atoms with Gasteiger partial charge in [-0.1, -0.05) is 0 Å². The number of carbonyl (C=O) groups is 3. The van der Waals surface area contributed by atoms with Crippen molar-refractivity contribution in [2.45, 2.75) is 64.9 Å². The Morgan fingerprint density at radius 1 is 0.878 bits per heavy atom. The number of nitrogens with one attached hydrogen (secondary N) is 3. The Morgan fingerprint density at radius 2 is 1.44 bits per heavy atom. The number of benzene rings is 2. The van der Waals surface area contributed by atoms with E-state index < -0.39 is 5.60 Å². The van der Waals surface area contributed by atoms with Crippen LogP contribution in [-0.2, 0) is 14.3 Å². The number of hydrogen-bond acceptors (Lipinski definition) is 7. The Morgan fingerprint density at radius 3 is 2.00 bits per heavy atom. The summed E-state index contributed by atoms with van der Waals surface area (Å²) in [5.41, 5.74) is 3.81. The quantitative estimate of drug-likeness (QED) is 0.419. The summed E-state index contributed by atoms with van der Waals surface area (Å²) in [5.74, 6) is 2.20. The van der Waals surface area contributed by atoms with Crippen molar-refractivity contribution in [1.82, 2.24) is 10.6 Å². The molecule has 224 valence electrons. The van der Waals surface area contributed by atoms with E-state index in [0.29, 0.717) is 19.0 Å². The van der Waals surface area contributed by atoms with Gasteiger partial charge in [0.25, 0.3) is 0 Å². The summed E-state index contributed by atoms with van der Waals surface area (Å²) >= 11 is 0. The average molecular weight is 569 g/mol. The number of hydrogen-bond donors (Lipinski definition) is 3. The molecular weight excluding hydrogens is 524 g/mol. The van der Waals surface area contributed by atoms with E-state index in [0.717, 1.165) is 48.7 Å². The number of rotatable bonds is 8. The molecule has 0 saturated heterocycles. The van der Waals surface area contributed by atoms with Gasteiger partial charge in [0, 0.05) is 57.5 Å². The SMILES string of the molecule is COc1ccc2c(c1)C(CCNC(C)=O)CN2.COc1ccc2c(c1)C(CCNC(C)=O)CN2C(=O)OC(C)(C)C. The number of fused-ring (bicyclic) bond motifs is 2. The molecule has 2 atom stereocenters. The molecule has 2 heterocycles. The monoisotopic (exact) mass is 568 g/mol. The fourth-order valence-electron chi connectivity index (χ4n) is 5.00. The third kappa shape index (κ3) is 9.03. The molecule has 2 aromatic carbocycles. The lowest BCUT2D eigenvalue weighted by Crippen LogP contribution is -2.36. The molecule has 2 aliphatic rings. The zero-order valence-corrected chi connectivity index (χ0v) is 25.3. The number of amides is 3. The molecule has 0 saturated carbocycles. The summed E-state index contributed by atoms with van der Waals surface area (Å²) in [6.07, 6.45) is 1.35. The van der Waals surface area contributed by atoms with Crippen molar-refractivity contribution in [2.75, 3.05) is 50.6 Å². The van der Waals surface area contributed by atoms with Crippen LogP contribution in [0, 0.1) is 0 Å². The van der Waals surface area contributed by atoms with Gasteiger partial charge in [-0.25, -0.2) is 4.79 Å². The molecule has 0 radical (unpaired) electrons. The minimum atomic E-state index is -0.544. The van der Waals surface area contributed by atoms with Crippen molar-refractivity contribution in [2.24, 2.45) is 0 Å². The summed E-state index contributed by atoms with van der Waals surface area (Å²) in [6, 6.07) is 11.8. The van der Waals surface area contributed by atoms with Crippen LogP contribution in [0.3, 0.4) is 0 Å². The highest BCUT2D eigenvalue weighted by atomic mass is 16.6. The lowest BCUT2D eigenvalue weighted by molar-refractivity contribution is -0.119. The topological polar surface area (TPSA) is 118 Å². The first kappa shape index (κ1) is 31.6. The molecular formula is C31H44N4O6. The zero-order valence-electron chi connectivity index (χ0n) is 25.3. The zero-order chi connectivity index (χ0) is 30.2. The van der Waals surface area contributed by atoms with E-state index in [2.05, 4.69) is 22.0 Å². The highest BCUT2D eigenvalue weighted by Gasteiger charge is 2.35. The van der Waals surface area contributed by atoms with Gasteiger partial charge in [-0.2, -0.15) is 0 Å². The van der Waals surface area contributed by atoms with Gasteiger partial charge in [0.05, 0.1) is 19.9 Å². The first-order valence-corrected chi connectivity index (χ1v) is 14.0. The van der Waals surface area contributed by atoms with E-state index in [1.807, 2.05) is 51.1 Å². The van der Waals surface area contributed by atoms with E-state index in [1.165, 1.54) is 18.2 Å². The molecule has 4 rings (SSSR count). The third-order valence-corrected chi connectivity index (χ3v) is 6.95. The molecule has 0 aliphatic carbocycles. The number of methoxy groups -OCH3 is 2. The smallest absolute Gasteiger partial charge is 0.414 e. The second kappa shape index (κ2) is 14.1. The lowest BCUT2D eigenvalue weighted by atomic mass is 9.97. The van der Waals surface area contributed by atoms with Gasteiger partial charge in [-0.3, -0.25) is 14.5 Å². The van der Waals surface area contributed by atoms with E-state index >= 15 is 0 Å². The fourth-order valence-corrected chi connectivity index (χ4v) is 5.00. The van der Waals surface area contributed by atoms with Crippen LogP contribution < -0.4 is 30.3 Å². The molecule has 2 aromatic rings.